The lowest BCUT2D eigenvalue weighted by molar-refractivity contribution is -0.118. The van der Waals surface area contributed by atoms with Crippen molar-refractivity contribution < 1.29 is 19.0 Å². The number of nitrogens with zero attached hydrogens (tertiary/aromatic N) is 2. The molecular formula is C29H33N3O4. The van der Waals surface area contributed by atoms with E-state index in [0.29, 0.717) is 17.2 Å². The zero-order valence-electron chi connectivity index (χ0n) is 21.0. The molecule has 7 nitrogen and oxygen atoms in total. The van der Waals surface area contributed by atoms with Gasteiger partial charge in [-0.25, -0.2) is 0 Å². The number of rotatable bonds is 7. The maximum atomic E-state index is 12.7. The monoisotopic (exact) mass is 487 g/mol. The van der Waals surface area contributed by atoms with Crippen LogP contribution in [0.4, 0.5) is 5.69 Å². The minimum absolute atomic E-state index is 0.0753. The fraction of sp³-hybridized carbons (Fsp3) is 0.345. The maximum absolute atomic E-state index is 12.7. The smallest absolute Gasteiger partial charge is 0.262 e. The van der Waals surface area contributed by atoms with E-state index < -0.39 is 0 Å². The van der Waals surface area contributed by atoms with E-state index >= 15 is 0 Å². The molecule has 1 saturated heterocycles. The van der Waals surface area contributed by atoms with Crippen molar-refractivity contribution in [2.75, 3.05) is 51.9 Å². The minimum Gasteiger partial charge on any atom is -0.483 e. The predicted octanol–water partition coefficient (Wildman–Crippen LogP) is 4.55. The Morgan fingerprint density at radius 3 is 2.58 bits per heavy atom. The average Bonchev–Trinajstić information content (AvgIpc) is 3.25. The van der Waals surface area contributed by atoms with Crippen LogP contribution in [0, 0.1) is 6.92 Å². The van der Waals surface area contributed by atoms with Crippen LogP contribution in [0.5, 0.6) is 17.2 Å². The maximum Gasteiger partial charge on any atom is 0.262 e. The molecule has 36 heavy (non-hydrogen) atoms. The molecule has 0 aliphatic carbocycles. The molecule has 1 N–H and O–H groups in total. The summed E-state index contributed by atoms with van der Waals surface area (Å²) in [5.41, 5.74) is 5.30. The number of hydrogen-bond donors (Lipinski definition) is 1. The first-order valence-electron chi connectivity index (χ1n) is 12.5. The van der Waals surface area contributed by atoms with Crippen LogP contribution in [0.15, 0.2) is 60.7 Å². The number of ether oxygens (including phenoxy) is 3. The average molecular weight is 488 g/mol. The van der Waals surface area contributed by atoms with E-state index in [1.54, 1.807) is 18.2 Å². The second kappa shape index (κ2) is 11.0. The summed E-state index contributed by atoms with van der Waals surface area (Å²) in [5, 5.41) is 2.88. The standard InChI is InChI=1S/C29H33N3O4/c1-21-4-6-22(7-5-21)23-8-10-26(24(16-23)18-32-13-3-12-31(2)14-15-32)34-19-29(33)30-25-9-11-27-28(17-25)36-20-35-27/h4-11,16-17H,3,12-15,18-20H2,1-2H3,(H,30,33). The third-order valence-electron chi connectivity index (χ3n) is 6.67. The highest BCUT2D eigenvalue weighted by Crippen LogP contribution is 2.34. The molecule has 0 saturated carbocycles. The van der Waals surface area contributed by atoms with Crippen LogP contribution >= 0.6 is 0 Å². The molecule has 2 heterocycles. The second-order valence-corrected chi connectivity index (χ2v) is 9.53. The van der Waals surface area contributed by atoms with Gasteiger partial charge < -0.3 is 24.4 Å². The number of carbonyl (C=O) groups excluding carboxylic acids is 1. The molecule has 1 fully saturated rings. The van der Waals surface area contributed by atoms with Crippen molar-refractivity contribution in [3.05, 3.63) is 71.8 Å². The summed E-state index contributed by atoms with van der Waals surface area (Å²) in [4.78, 5) is 17.5. The zero-order valence-corrected chi connectivity index (χ0v) is 21.0. The normalized spacial score (nSPS) is 15.9. The van der Waals surface area contributed by atoms with Gasteiger partial charge in [0.05, 0.1) is 0 Å². The first-order chi connectivity index (χ1) is 17.5. The van der Waals surface area contributed by atoms with Crippen molar-refractivity contribution in [1.82, 2.24) is 9.80 Å². The first-order valence-corrected chi connectivity index (χ1v) is 12.5. The van der Waals surface area contributed by atoms with Crippen LogP contribution in [-0.2, 0) is 11.3 Å². The van der Waals surface area contributed by atoms with Crippen LogP contribution in [0.2, 0.25) is 0 Å². The van der Waals surface area contributed by atoms with Gasteiger partial charge in [0.2, 0.25) is 6.79 Å². The Balaban J connectivity index is 1.30. The Bertz CT molecular complexity index is 1210. The number of likely N-dealkylation sites (N-methyl/N-ethyl adjacent to an activating group) is 1. The minimum atomic E-state index is -0.223. The van der Waals surface area contributed by atoms with Crippen molar-refractivity contribution >= 4 is 11.6 Å². The highest BCUT2D eigenvalue weighted by molar-refractivity contribution is 5.92. The van der Waals surface area contributed by atoms with Crippen LogP contribution < -0.4 is 19.5 Å². The molecule has 1 amide bonds. The third kappa shape index (κ3) is 5.98. The van der Waals surface area contributed by atoms with E-state index in [-0.39, 0.29) is 19.3 Å². The molecule has 0 unspecified atom stereocenters. The predicted molar refractivity (Wildman–Crippen MR) is 141 cm³/mol. The Morgan fingerprint density at radius 2 is 1.72 bits per heavy atom. The Hall–Kier alpha value is -3.55. The molecule has 2 aliphatic heterocycles. The van der Waals surface area contributed by atoms with Gasteiger partial charge in [0.15, 0.2) is 18.1 Å². The fourth-order valence-corrected chi connectivity index (χ4v) is 4.58. The van der Waals surface area contributed by atoms with Crippen molar-refractivity contribution in [2.24, 2.45) is 0 Å². The number of fused-ring (bicyclic) bond motifs is 1. The topological polar surface area (TPSA) is 63.3 Å². The van der Waals surface area contributed by atoms with Gasteiger partial charge in [0, 0.05) is 37.0 Å². The van der Waals surface area contributed by atoms with E-state index in [1.807, 2.05) is 6.07 Å². The van der Waals surface area contributed by atoms with Crippen LogP contribution in [0.3, 0.4) is 0 Å². The number of amides is 1. The summed E-state index contributed by atoms with van der Waals surface area (Å²) in [7, 11) is 2.18. The second-order valence-electron chi connectivity index (χ2n) is 9.53. The van der Waals surface area contributed by atoms with Crippen LogP contribution in [0.25, 0.3) is 11.1 Å². The van der Waals surface area contributed by atoms with Crippen LogP contribution in [-0.4, -0.2) is 62.3 Å². The van der Waals surface area contributed by atoms with E-state index in [4.69, 9.17) is 14.2 Å². The van der Waals surface area contributed by atoms with E-state index in [2.05, 4.69) is 65.5 Å². The van der Waals surface area contributed by atoms with Gasteiger partial charge in [-0.05, 0) is 68.9 Å². The number of carbonyl (C=O) groups is 1. The van der Waals surface area contributed by atoms with Crippen molar-refractivity contribution in [3.8, 4) is 28.4 Å². The Morgan fingerprint density at radius 1 is 0.917 bits per heavy atom. The molecule has 2 aliphatic rings. The van der Waals surface area contributed by atoms with Gasteiger partial charge in [0.1, 0.15) is 5.75 Å². The number of nitrogens with one attached hydrogen (secondary N) is 1. The molecule has 5 rings (SSSR count). The van der Waals surface area contributed by atoms with E-state index in [1.165, 1.54) is 11.1 Å². The fourth-order valence-electron chi connectivity index (χ4n) is 4.58. The van der Waals surface area contributed by atoms with Gasteiger partial charge in [-0.3, -0.25) is 9.69 Å². The summed E-state index contributed by atoms with van der Waals surface area (Å²) in [6.45, 7) is 7.22. The highest BCUT2D eigenvalue weighted by atomic mass is 16.7. The molecule has 0 aromatic heterocycles. The Labute approximate surface area is 212 Å². The van der Waals surface area contributed by atoms with Gasteiger partial charge in [-0.2, -0.15) is 0 Å². The molecule has 188 valence electrons. The SMILES string of the molecule is Cc1ccc(-c2ccc(OCC(=O)Nc3ccc4c(c3)OCO4)c(CN3CCCN(C)CC3)c2)cc1. The molecule has 0 bridgehead atoms. The molecule has 0 spiro atoms. The molecule has 3 aromatic carbocycles. The lowest BCUT2D eigenvalue weighted by Gasteiger charge is -2.22. The van der Waals surface area contributed by atoms with Crippen molar-refractivity contribution in [1.29, 1.82) is 0 Å². The van der Waals surface area contributed by atoms with Gasteiger partial charge in [-0.1, -0.05) is 35.9 Å². The number of benzene rings is 3. The summed E-state index contributed by atoms with van der Waals surface area (Å²) < 4.78 is 16.8. The third-order valence-corrected chi connectivity index (χ3v) is 6.67. The number of aryl methyl sites for hydroxylation is 1. The largest absolute Gasteiger partial charge is 0.483 e. The molecular weight excluding hydrogens is 454 g/mol. The van der Waals surface area contributed by atoms with E-state index in [9.17, 15) is 4.79 Å². The zero-order chi connectivity index (χ0) is 24.9. The van der Waals surface area contributed by atoms with Gasteiger partial charge in [0.25, 0.3) is 5.91 Å². The summed E-state index contributed by atoms with van der Waals surface area (Å²) in [6.07, 6.45) is 1.14. The molecule has 0 radical (unpaired) electrons. The summed E-state index contributed by atoms with van der Waals surface area (Å²) >= 11 is 0. The van der Waals surface area contributed by atoms with E-state index in [0.717, 1.165) is 56.0 Å². The van der Waals surface area contributed by atoms with Crippen molar-refractivity contribution in [2.45, 2.75) is 19.9 Å². The highest BCUT2D eigenvalue weighted by Gasteiger charge is 2.17. The lowest BCUT2D eigenvalue weighted by Crippen LogP contribution is -2.29. The lowest BCUT2D eigenvalue weighted by atomic mass is 10.0. The summed E-state index contributed by atoms with van der Waals surface area (Å²) in [5.74, 6) is 1.83. The van der Waals surface area contributed by atoms with Gasteiger partial charge >= 0.3 is 0 Å². The Kier molecular flexibility index (Phi) is 7.39. The number of hydrogen-bond acceptors (Lipinski definition) is 6. The van der Waals surface area contributed by atoms with Crippen molar-refractivity contribution in [3.63, 3.8) is 0 Å². The number of anilines is 1. The molecule has 3 aromatic rings. The molecule has 7 heteroatoms. The van der Waals surface area contributed by atoms with Gasteiger partial charge in [-0.15, -0.1) is 0 Å². The molecule has 0 atom stereocenters. The quantitative estimate of drug-likeness (QED) is 0.528. The van der Waals surface area contributed by atoms with Crippen LogP contribution in [0.1, 0.15) is 17.5 Å². The summed E-state index contributed by atoms with van der Waals surface area (Å²) in [6, 6.07) is 20.2. The first kappa shape index (κ1) is 24.2.